The summed E-state index contributed by atoms with van der Waals surface area (Å²) in [5.74, 6) is 1.06. The fourth-order valence-corrected chi connectivity index (χ4v) is 3.35. The third kappa shape index (κ3) is 2.90. The summed E-state index contributed by atoms with van der Waals surface area (Å²) >= 11 is 0. The van der Waals surface area contributed by atoms with Crippen molar-refractivity contribution in [1.82, 2.24) is 14.5 Å². The van der Waals surface area contributed by atoms with E-state index >= 15 is 0 Å². The SMILES string of the molecule is CCn1c(-c2ccc(Oc3nccc4occc34)cc2C)c(C)c(=O)[nH]c1=O. The van der Waals surface area contributed by atoms with Gasteiger partial charge in [-0.15, -0.1) is 0 Å². The number of aryl methyl sites for hydroxylation is 1. The number of nitrogens with zero attached hydrogens (tertiary/aromatic N) is 2. The number of furan rings is 1. The molecule has 0 saturated heterocycles. The zero-order valence-electron chi connectivity index (χ0n) is 15.8. The Kier molecular flexibility index (Phi) is 4.35. The molecule has 0 unspecified atom stereocenters. The molecular weight excluding hydrogens is 358 g/mol. The van der Waals surface area contributed by atoms with E-state index in [0.717, 1.165) is 16.5 Å². The first-order chi connectivity index (χ1) is 13.5. The van der Waals surface area contributed by atoms with Crippen LogP contribution in [0.4, 0.5) is 0 Å². The van der Waals surface area contributed by atoms with Gasteiger partial charge < -0.3 is 9.15 Å². The van der Waals surface area contributed by atoms with Gasteiger partial charge in [0.15, 0.2) is 0 Å². The molecule has 1 N–H and O–H groups in total. The second kappa shape index (κ2) is 6.84. The minimum absolute atomic E-state index is 0.375. The van der Waals surface area contributed by atoms with E-state index in [9.17, 15) is 9.59 Å². The number of nitrogens with one attached hydrogen (secondary N) is 1. The summed E-state index contributed by atoms with van der Waals surface area (Å²) in [6.07, 6.45) is 3.22. The van der Waals surface area contributed by atoms with Crippen LogP contribution in [0.3, 0.4) is 0 Å². The van der Waals surface area contributed by atoms with Crippen LogP contribution in [0.5, 0.6) is 11.6 Å². The lowest BCUT2D eigenvalue weighted by Gasteiger charge is -2.16. The number of aromatic amines is 1. The summed E-state index contributed by atoms with van der Waals surface area (Å²) in [6.45, 7) is 5.95. The monoisotopic (exact) mass is 377 g/mol. The van der Waals surface area contributed by atoms with Crippen LogP contribution < -0.4 is 16.0 Å². The predicted octanol–water partition coefficient (Wildman–Crippen LogP) is 3.77. The number of pyridine rings is 1. The summed E-state index contributed by atoms with van der Waals surface area (Å²) in [7, 11) is 0. The van der Waals surface area contributed by atoms with Crippen molar-refractivity contribution in [3.63, 3.8) is 0 Å². The third-order valence-electron chi connectivity index (χ3n) is 4.76. The van der Waals surface area contributed by atoms with Crippen molar-refractivity contribution in [2.75, 3.05) is 0 Å². The summed E-state index contributed by atoms with van der Waals surface area (Å²) < 4.78 is 12.9. The first-order valence-corrected chi connectivity index (χ1v) is 8.94. The number of hydrogen-bond donors (Lipinski definition) is 1. The van der Waals surface area contributed by atoms with Crippen LogP contribution in [-0.4, -0.2) is 14.5 Å². The van der Waals surface area contributed by atoms with Crippen molar-refractivity contribution in [3.05, 3.63) is 74.8 Å². The number of hydrogen-bond acceptors (Lipinski definition) is 5. The highest BCUT2D eigenvalue weighted by Crippen LogP contribution is 2.32. The average Bonchev–Trinajstić information content (AvgIpc) is 3.15. The first-order valence-electron chi connectivity index (χ1n) is 8.94. The predicted molar refractivity (Wildman–Crippen MR) is 106 cm³/mol. The molecule has 0 amide bonds. The maximum absolute atomic E-state index is 12.2. The molecule has 0 spiro atoms. The van der Waals surface area contributed by atoms with Gasteiger partial charge in [0.25, 0.3) is 5.56 Å². The van der Waals surface area contributed by atoms with E-state index in [1.165, 1.54) is 0 Å². The highest BCUT2D eigenvalue weighted by molar-refractivity contribution is 5.82. The Balaban J connectivity index is 1.79. The van der Waals surface area contributed by atoms with Crippen LogP contribution >= 0.6 is 0 Å². The van der Waals surface area contributed by atoms with Crippen molar-refractivity contribution < 1.29 is 9.15 Å². The zero-order valence-corrected chi connectivity index (χ0v) is 15.8. The Morgan fingerprint density at radius 1 is 1.18 bits per heavy atom. The Morgan fingerprint density at radius 2 is 2.00 bits per heavy atom. The van der Waals surface area contributed by atoms with Gasteiger partial charge in [-0.1, -0.05) is 0 Å². The summed E-state index contributed by atoms with van der Waals surface area (Å²) in [5.41, 5.74) is 2.73. The molecule has 0 aliphatic rings. The molecule has 4 aromatic rings. The second-order valence-corrected chi connectivity index (χ2v) is 6.50. The molecule has 1 aromatic carbocycles. The first kappa shape index (κ1) is 17.8. The Hall–Kier alpha value is -3.61. The zero-order chi connectivity index (χ0) is 19.8. The van der Waals surface area contributed by atoms with Crippen molar-refractivity contribution in [2.45, 2.75) is 27.3 Å². The average molecular weight is 377 g/mol. The molecule has 0 atom stereocenters. The van der Waals surface area contributed by atoms with Gasteiger partial charge in [-0.25, -0.2) is 9.78 Å². The lowest BCUT2D eigenvalue weighted by Crippen LogP contribution is -2.32. The van der Waals surface area contributed by atoms with Crippen molar-refractivity contribution in [2.24, 2.45) is 0 Å². The Labute approximate surface area is 160 Å². The number of benzene rings is 1. The number of fused-ring (bicyclic) bond motifs is 1. The molecule has 0 aliphatic heterocycles. The van der Waals surface area contributed by atoms with Gasteiger partial charge in [-0.3, -0.25) is 14.3 Å². The van der Waals surface area contributed by atoms with Crippen LogP contribution in [0.15, 0.2) is 56.8 Å². The molecule has 4 rings (SSSR count). The van der Waals surface area contributed by atoms with E-state index in [2.05, 4.69) is 9.97 Å². The van der Waals surface area contributed by atoms with Crippen molar-refractivity contribution >= 4 is 11.0 Å². The smallest absolute Gasteiger partial charge is 0.328 e. The van der Waals surface area contributed by atoms with Crippen molar-refractivity contribution in [1.29, 1.82) is 0 Å². The van der Waals surface area contributed by atoms with Crippen LogP contribution in [-0.2, 0) is 6.54 Å². The van der Waals surface area contributed by atoms with Gasteiger partial charge in [-0.2, -0.15) is 0 Å². The maximum atomic E-state index is 12.2. The number of rotatable bonds is 4. The topological polar surface area (TPSA) is 90.1 Å². The van der Waals surface area contributed by atoms with E-state index in [0.29, 0.717) is 35.0 Å². The Bertz CT molecular complexity index is 1300. The second-order valence-electron chi connectivity index (χ2n) is 6.50. The molecule has 28 heavy (non-hydrogen) atoms. The highest BCUT2D eigenvalue weighted by atomic mass is 16.5. The fraction of sp³-hybridized carbons (Fsp3) is 0.190. The van der Waals surface area contributed by atoms with Crippen LogP contribution in [0, 0.1) is 13.8 Å². The fourth-order valence-electron chi connectivity index (χ4n) is 3.35. The van der Waals surface area contributed by atoms with Crippen LogP contribution in [0.2, 0.25) is 0 Å². The maximum Gasteiger partial charge on any atom is 0.328 e. The van der Waals surface area contributed by atoms with Crippen molar-refractivity contribution in [3.8, 4) is 22.9 Å². The molecular formula is C21H19N3O4. The lowest BCUT2D eigenvalue weighted by molar-refractivity contribution is 0.468. The van der Waals surface area contributed by atoms with Gasteiger partial charge >= 0.3 is 5.69 Å². The minimum atomic E-state index is -0.413. The molecule has 0 saturated carbocycles. The largest absolute Gasteiger partial charge is 0.464 e. The van der Waals surface area contributed by atoms with Gasteiger partial charge in [-0.05, 0) is 56.7 Å². The number of ether oxygens (including phenoxy) is 1. The van der Waals surface area contributed by atoms with Gasteiger partial charge in [0.2, 0.25) is 5.88 Å². The van der Waals surface area contributed by atoms with Crippen LogP contribution in [0.1, 0.15) is 18.1 Å². The van der Waals surface area contributed by atoms with E-state index in [1.54, 1.807) is 42.1 Å². The summed E-state index contributed by atoms with van der Waals surface area (Å²) in [6, 6.07) is 9.09. The molecule has 0 fully saturated rings. The quantitative estimate of drug-likeness (QED) is 0.585. The molecule has 0 aliphatic carbocycles. The third-order valence-corrected chi connectivity index (χ3v) is 4.76. The van der Waals surface area contributed by atoms with Gasteiger partial charge in [0.1, 0.15) is 11.3 Å². The molecule has 142 valence electrons. The molecule has 0 radical (unpaired) electrons. The Morgan fingerprint density at radius 3 is 2.75 bits per heavy atom. The molecule has 3 aromatic heterocycles. The number of H-pyrrole nitrogens is 1. The number of aromatic nitrogens is 3. The molecule has 7 heteroatoms. The lowest BCUT2D eigenvalue weighted by atomic mass is 10.0. The summed E-state index contributed by atoms with van der Waals surface area (Å²) in [5, 5.41) is 0.787. The molecule has 3 heterocycles. The standard InChI is InChI=1S/C21H19N3O4/c1-4-24-18(13(3)19(25)23-21(24)26)15-6-5-14(11-12(15)2)28-20-16-8-10-27-17(16)7-9-22-20/h5-11H,4H2,1-3H3,(H,23,25,26). The van der Waals surface area contributed by atoms with Gasteiger partial charge in [0.05, 0.1) is 17.3 Å². The van der Waals surface area contributed by atoms with Crippen LogP contribution in [0.25, 0.3) is 22.2 Å². The molecule has 0 bridgehead atoms. The normalized spacial score (nSPS) is 11.1. The van der Waals surface area contributed by atoms with E-state index in [4.69, 9.17) is 9.15 Å². The van der Waals surface area contributed by atoms with Gasteiger partial charge in [0, 0.05) is 23.9 Å². The minimum Gasteiger partial charge on any atom is -0.464 e. The highest BCUT2D eigenvalue weighted by Gasteiger charge is 2.15. The van der Waals surface area contributed by atoms with E-state index < -0.39 is 5.69 Å². The van der Waals surface area contributed by atoms with E-state index in [1.807, 2.05) is 26.0 Å². The van der Waals surface area contributed by atoms with E-state index in [-0.39, 0.29) is 5.56 Å². The summed E-state index contributed by atoms with van der Waals surface area (Å²) in [4.78, 5) is 30.9. The molecule has 7 nitrogen and oxygen atoms in total.